The monoisotopic (exact) mass is 568 g/mol. The van der Waals surface area contributed by atoms with E-state index in [0.29, 0.717) is 4.47 Å². The van der Waals surface area contributed by atoms with Gasteiger partial charge in [-0.1, -0.05) is 41.9 Å². The maximum Gasteiger partial charge on any atom is 0.345 e. The maximum atomic E-state index is 12.7. The number of halogens is 1. The van der Waals surface area contributed by atoms with Gasteiger partial charge in [-0.05, 0) is 42.0 Å². The number of nitrogens with zero attached hydrogens (tertiary/aromatic N) is 2. The number of methoxy groups -OCH3 is 1. The van der Waals surface area contributed by atoms with Crippen LogP contribution in [-0.2, 0) is 20.7 Å². The summed E-state index contributed by atoms with van der Waals surface area (Å²) < 4.78 is 16.6. The van der Waals surface area contributed by atoms with Gasteiger partial charge in [0.15, 0.2) is 17.5 Å². The summed E-state index contributed by atoms with van der Waals surface area (Å²) in [5.41, 5.74) is 1.24. The Hall–Kier alpha value is -4.05. The molecule has 0 fully saturated rings. The highest BCUT2D eigenvalue weighted by Gasteiger charge is 2.23. The molecule has 0 aliphatic rings. The number of esters is 3. The van der Waals surface area contributed by atoms with Crippen LogP contribution in [0, 0.1) is 5.92 Å². The molecule has 1 atom stereocenters. The van der Waals surface area contributed by atoms with E-state index < -0.39 is 29.9 Å². The van der Waals surface area contributed by atoms with E-state index in [1.807, 2.05) is 0 Å². The summed E-state index contributed by atoms with van der Waals surface area (Å²) in [4.78, 5) is 45.9. The van der Waals surface area contributed by atoms with Crippen molar-refractivity contribution in [1.29, 1.82) is 0 Å². The highest BCUT2D eigenvalue weighted by Crippen LogP contribution is 2.35. The molecular weight excluding hydrogens is 544 g/mol. The van der Waals surface area contributed by atoms with Gasteiger partial charge in [0.1, 0.15) is 5.75 Å². The van der Waals surface area contributed by atoms with Gasteiger partial charge < -0.3 is 19.3 Å². The molecule has 0 saturated carbocycles. The Morgan fingerprint density at radius 1 is 1.08 bits per heavy atom. The van der Waals surface area contributed by atoms with Crippen molar-refractivity contribution in [3.63, 3.8) is 0 Å². The minimum atomic E-state index is -0.927. The summed E-state index contributed by atoms with van der Waals surface area (Å²) in [6.07, 6.45) is 4.43. The number of aromatic nitrogens is 1. The van der Waals surface area contributed by atoms with E-state index in [4.69, 9.17) is 14.2 Å². The maximum absolute atomic E-state index is 12.7. The predicted molar refractivity (Wildman–Crippen MR) is 139 cm³/mol. The fraction of sp³-hybridized carbons (Fsp3) is 0.222. The van der Waals surface area contributed by atoms with E-state index >= 15 is 0 Å². The van der Waals surface area contributed by atoms with Gasteiger partial charge in [-0.25, -0.2) is 9.59 Å². The third kappa shape index (κ3) is 7.71. The molecular formula is C27H25BrN2O7. The van der Waals surface area contributed by atoms with E-state index in [-0.39, 0.29) is 34.8 Å². The molecule has 192 valence electrons. The first-order valence-corrected chi connectivity index (χ1v) is 12.0. The number of aromatic hydroxyl groups is 1. The first-order valence-electron chi connectivity index (χ1n) is 11.2. The molecule has 1 N–H and O–H groups in total. The molecule has 0 saturated heterocycles. The summed E-state index contributed by atoms with van der Waals surface area (Å²) in [6, 6.07) is 11.7. The Balaban J connectivity index is 2.00. The standard InChI is InChI=1S/C27H25BrN2O7/c1-16(2)25(32)37-24-19(12-20(28)13-23(24)36-26(33)18-5-4-10-29-14-18)15-30-22(27(34)35-3)11-17-6-8-21(31)9-7-17/h4-10,12-16,22,31H,11H2,1-3H3. The molecule has 0 bridgehead atoms. The van der Waals surface area contributed by atoms with E-state index in [1.165, 1.54) is 43.9 Å². The van der Waals surface area contributed by atoms with Crippen molar-refractivity contribution in [3.8, 4) is 17.2 Å². The smallest absolute Gasteiger partial charge is 0.345 e. The largest absolute Gasteiger partial charge is 0.508 e. The van der Waals surface area contributed by atoms with Gasteiger partial charge >= 0.3 is 17.9 Å². The molecule has 3 rings (SSSR count). The van der Waals surface area contributed by atoms with Gasteiger partial charge in [0, 0.05) is 35.1 Å². The van der Waals surface area contributed by atoms with Crippen molar-refractivity contribution in [2.24, 2.45) is 10.9 Å². The van der Waals surface area contributed by atoms with Gasteiger partial charge in [0.05, 0.1) is 18.6 Å². The second-order valence-electron chi connectivity index (χ2n) is 8.22. The molecule has 37 heavy (non-hydrogen) atoms. The second-order valence-corrected chi connectivity index (χ2v) is 9.13. The Labute approximate surface area is 222 Å². The first-order chi connectivity index (χ1) is 17.7. The van der Waals surface area contributed by atoms with Gasteiger partial charge in [-0.2, -0.15) is 0 Å². The number of aliphatic imine (C=N–C) groups is 1. The Morgan fingerprint density at radius 3 is 2.43 bits per heavy atom. The minimum absolute atomic E-state index is 0.0215. The van der Waals surface area contributed by atoms with Crippen LogP contribution < -0.4 is 9.47 Å². The zero-order chi connectivity index (χ0) is 26.9. The first kappa shape index (κ1) is 27.5. The molecule has 0 aliphatic carbocycles. The lowest BCUT2D eigenvalue weighted by Crippen LogP contribution is -2.23. The highest BCUT2D eigenvalue weighted by atomic mass is 79.9. The van der Waals surface area contributed by atoms with Gasteiger partial charge in [-0.3, -0.25) is 14.8 Å². The van der Waals surface area contributed by atoms with Crippen molar-refractivity contribution in [2.75, 3.05) is 7.11 Å². The van der Waals surface area contributed by atoms with Crippen LogP contribution in [0.4, 0.5) is 0 Å². The van der Waals surface area contributed by atoms with Gasteiger partial charge in [0.25, 0.3) is 0 Å². The molecule has 2 aromatic carbocycles. The Bertz CT molecular complexity index is 1290. The number of rotatable bonds is 9. The van der Waals surface area contributed by atoms with Gasteiger partial charge in [-0.15, -0.1) is 0 Å². The van der Waals surface area contributed by atoms with Crippen molar-refractivity contribution >= 4 is 40.1 Å². The van der Waals surface area contributed by atoms with Crippen molar-refractivity contribution in [2.45, 2.75) is 26.3 Å². The van der Waals surface area contributed by atoms with E-state index in [0.717, 1.165) is 5.56 Å². The summed E-state index contributed by atoms with van der Waals surface area (Å²) in [7, 11) is 1.26. The molecule has 1 heterocycles. The molecule has 10 heteroatoms. The number of carbonyl (C=O) groups excluding carboxylic acids is 3. The summed E-state index contributed by atoms with van der Waals surface area (Å²) in [6.45, 7) is 3.34. The number of ether oxygens (including phenoxy) is 3. The second kappa shape index (κ2) is 12.8. The number of phenols is 1. The van der Waals surface area contributed by atoms with Crippen LogP contribution in [0.3, 0.4) is 0 Å². The predicted octanol–water partition coefficient (Wildman–Crippen LogP) is 4.53. The number of pyridine rings is 1. The molecule has 0 aliphatic heterocycles. The van der Waals surface area contributed by atoms with Crippen molar-refractivity contribution in [1.82, 2.24) is 4.98 Å². The molecule has 1 aromatic heterocycles. The van der Waals surface area contributed by atoms with Crippen LogP contribution in [0.25, 0.3) is 0 Å². The topological polar surface area (TPSA) is 124 Å². The van der Waals surface area contributed by atoms with Crippen LogP contribution in [0.5, 0.6) is 17.2 Å². The van der Waals surface area contributed by atoms with Crippen LogP contribution in [0.1, 0.15) is 35.3 Å². The number of carbonyl (C=O) groups is 3. The highest BCUT2D eigenvalue weighted by molar-refractivity contribution is 9.10. The molecule has 0 spiro atoms. The fourth-order valence-electron chi connectivity index (χ4n) is 3.09. The third-order valence-corrected chi connectivity index (χ3v) is 5.51. The number of phenolic OH excluding ortho intramolecular Hbond substituents is 1. The number of hydrogen-bond donors (Lipinski definition) is 1. The lowest BCUT2D eigenvalue weighted by molar-refractivity contribution is -0.142. The summed E-state index contributed by atoms with van der Waals surface area (Å²) in [5, 5.41) is 9.52. The summed E-state index contributed by atoms with van der Waals surface area (Å²) >= 11 is 3.38. The van der Waals surface area contributed by atoms with E-state index in [2.05, 4.69) is 25.9 Å². The average Bonchev–Trinajstić information content (AvgIpc) is 2.89. The van der Waals surface area contributed by atoms with Crippen LogP contribution in [0.15, 0.2) is 70.4 Å². The summed E-state index contributed by atoms with van der Waals surface area (Å²) in [5.74, 6) is -2.25. The van der Waals surface area contributed by atoms with Crippen LogP contribution in [-0.4, -0.2) is 47.4 Å². The van der Waals surface area contributed by atoms with Crippen LogP contribution >= 0.6 is 15.9 Å². The third-order valence-electron chi connectivity index (χ3n) is 5.05. The lowest BCUT2D eigenvalue weighted by atomic mass is 10.1. The number of hydrogen-bond acceptors (Lipinski definition) is 9. The molecule has 0 radical (unpaired) electrons. The van der Waals surface area contributed by atoms with E-state index in [1.54, 1.807) is 44.2 Å². The zero-order valence-electron chi connectivity index (χ0n) is 20.4. The molecule has 0 amide bonds. The van der Waals surface area contributed by atoms with E-state index in [9.17, 15) is 19.5 Å². The van der Waals surface area contributed by atoms with Crippen molar-refractivity contribution < 1.29 is 33.7 Å². The Kier molecular flexibility index (Phi) is 9.51. The molecule has 3 aromatic rings. The SMILES string of the molecule is COC(=O)C(Cc1ccc(O)cc1)N=Cc1cc(Br)cc(OC(=O)c2cccnc2)c1OC(=O)C(C)C. The fourth-order valence-corrected chi connectivity index (χ4v) is 3.54. The molecule has 1 unspecified atom stereocenters. The van der Waals surface area contributed by atoms with Crippen molar-refractivity contribution in [3.05, 3.63) is 82.1 Å². The molecule has 9 nitrogen and oxygen atoms in total. The number of benzene rings is 2. The van der Waals surface area contributed by atoms with Crippen LogP contribution in [0.2, 0.25) is 0 Å². The van der Waals surface area contributed by atoms with Gasteiger partial charge in [0.2, 0.25) is 0 Å². The lowest BCUT2D eigenvalue weighted by Gasteiger charge is -2.15. The average molecular weight is 569 g/mol. The zero-order valence-corrected chi connectivity index (χ0v) is 22.0. The Morgan fingerprint density at radius 2 is 1.81 bits per heavy atom. The minimum Gasteiger partial charge on any atom is -0.508 e. The normalized spacial score (nSPS) is 11.8. The quantitative estimate of drug-likeness (QED) is 0.227.